The van der Waals surface area contributed by atoms with Gasteiger partial charge in [-0.05, 0) is 37.0 Å². The zero-order valence-corrected chi connectivity index (χ0v) is 16.5. The molecule has 1 aliphatic carbocycles. The fraction of sp³-hybridized carbons (Fsp3) is 0.850. The maximum Gasteiger partial charge on any atom is 0.325 e. The molecule has 0 aromatic carbocycles. The van der Waals surface area contributed by atoms with E-state index in [2.05, 4.69) is 19.2 Å². The highest BCUT2D eigenvalue weighted by Gasteiger charge is 2.55. The van der Waals surface area contributed by atoms with E-state index in [9.17, 15) is 14.4 Å². The van der Waals surface area contributed by atoms with Crippen LogP contribution in [-0.2, 0) is 9.59 Å². The minimum Gasteiger partial charge on any atom is -0.341 e. The Bertz CT molecular complexity index is 577. The van der Waals surface area contributed by atoms with Crippen molar-refractivity contribution in [2.24, 2.45) is 11.3 Å². The molecule has 2 saturated heterocycles. The molecule has 146 valence electrons. The van der Waals surface area contributed by atoms with Crippen molar-refractivity contribution in [2.45, 2.75) is 77.7 Å². The first kappa shape index (κ1) is 19.2. The van der Waals surface area contributed by atoms with Gasteiger partial charge in [-0.1, -0.05) is 46.5 Å². The van der Waals surface area contributed by atoms with Crippen LogP contribution in [0, 0.1) is 11.3 Å². The van der Waals surface area contributed by atoms with Gasteiger partial charge in [0.05, 0.1) is 0 Å². The third kappa shape index (κ3) is 3.12. The van der Waals surface area contributed by atoms with Gasteiger partial charge < -0.3 is 10.2 Å². The Morgan fingerprint density at radius 2 is 1.77 bits per heavy atom. The van der Waals surface area contributed by atoms with E-state index in [1.165, 1.54) is 0 Å². The number of imide groups is 1. The number of carbonyl (C=O) groups excluding carboxylic acids is 3. The van der Waals surface area contributed by atoms with Gasteiger partial charge in [0.2, 0.25) is 5.91 Å². The first-order valence-electron chi connectivity index (χ1n) is 10.3. The molecule has 0 bridgehead atoms. The molecule has 0 aromatic rings. The van der Waals surface area contributed by atoms with Crippen LogP contribution in [0.5, 0.6) is 0 Å². The molecule has 3 fully saturated rings. The third-order valence-electron chi connectivity index (χ3n) is 7.47. The minimum atomic E-state index is -0.781. The molecule has 2 aliphatic heterocycles. The van der Waals surface area contributed by atoms with E-state index in [1.807, 2.05) is 11.8 Å². The van der Waals surface area contributed by atoms with Gasteiger partial charge in [0.1, 0.15) is 12.1 Å². The molecule has 4 amide bonds. The van der Waals surface area contributed by atoms with Gasteiger partial charge in [0.15, 0.2) is 0 Å². The van der Waals surface area contributed by atoms with E-state index >= 15 is 0 Å². The normalized spacial score (nSPS) is 31.4. The molecule has 6 nitrogen and oxygen atoms in total. The van der Waals surface area contributed by atoms with Crippen molar-refractivity contribution in [1.29, 1.82) is 0 Å². The Balaban J connectivity index is 1.63. The van der Waals surface area contributed by atoms with Crippen LogP contribution in [0.2, 0.25) is 0 Å². The molecule has 1 spiro atoms. The topological polar surface area (TPSA) is 69.7 Å². The smallest absolute Gasteiger partial charge is 0.325 e. The lowest BCUT2D eigenvalue weighted by Crippen LogP contribution is -2.54. The highest BCUT2D eigenvalue weighted by atomic mass is 16.2. The number of hydrogen-bond acceptors (Lipinski definition) is 3. The van der Waals surface area contributed by atoms with E-state index in [0.717, 1.165) is 62.9 Å². The average Bonchev–Trinajstić information content (AvgIpc) is 2.89. The third-order valence-corrected chi connectivity index (χ3v) is 7.47. The highest BCUT2D eigenvalue weighted by Crippen LogP contribution is 2.39. The van der Waals surface area contributed by atoms with E-state index in [-0.39, 0.29) is 24.3 Å². The number of piperidine rings is 1. The van der Waals surface area contributed by atoms with Gasteiger partial charge in [-0.15, -0.1) is 0 Å². The number of hydrogen-bond donors (Lipinski definition) is 1. The summed E-state index contributed by atoms with van der Waals surface area (Å²) in [4.78, 5) is 41.2. The summed E-state index contributed by atoms with van der Waals surface area (Å²) in [5.41, 5.74) is -0.434. The predicted octanol–water partition coefficient (Wildman–Crippen LogP) is 2.92. The maximum atomic E-state index is 13.0. The lowest BCUT2D eigenvalue weighted by molar-refractivity contribution is -0.141. The van der Waals surface area contributed by atoms with Crippen LogP contribution in [0.4, 0.5) is 4.79 Å². The summed E-state index contributed by atoms with van der Waals surface area (Å²) in [7, 11) is 0. The Kier molecular flexibility index (Phi) is 5.31. The lowest BCUT2D eigenvalue weighted by Gasteiger charge is -2.41. The second-order valence-electron chi connectivity index (χ2n) is 8.53. The zero-order chi connectivity index (χ0) is 18.9. The summed E-state index contributed by atoms with van der Waals surface area (Å²) in [5.74, 6) is -0.177. The summed E-state index contributed by atoms with van der Waals surface area (Å²) in [6.07, 6.45) is 7.95. The number of likely N-dealkylation sites (tertiary alicyclic amines) is 1. The van der Waals surface area contributed by atoms with Crippen LogP contribution in [-0.4, -0.2) is 52.8 Å². The van der Waals surface area contributed by atoms with Gasteiger partial charge in [0.25, 0.3) is 5.91 Å². The van der Waals surface area contributed by atoms with Crippen molar-refractivity contribution in [3.05, 3.63) is 0 Å². The zero-order valence-electron chi connectivity index (χ0n) is 16.5. The first-order valence-corrected chi connectivity index (χ1v) is 10.3. The summed E-state index contributed by atoms with van der Waals surface area (Å²) < 4.78 is 0. The highest BCUT2D eigenvalue weighted by molar-refractivity contribution is 6.09. The number of urea groups is 1. The molecular formula is C20H33N3O3. The van der Waals surface area contributed by atoms with Crippen molar-refractivity contribution >= 4 is 17.8 Å². The molecule has 2 heterocycles. The van der Waals surface area contributed by atoms with Gasteiger partial charge >= 0.3 is 6.03 Å². The van der Waals surface area contributed by atoms with Crippen LogP contribution in [0.1, 0.15) is 72.1 Å². The molecule has 2 atom stereocenters. The van der Waals surface area contributed by atoms with Crippen LogP contribution < -0.4 is 5.32 Å². The monoisotopic (exact) mass is 363 g/mol. The second-order valence-corrected chi connectivity index (χ2v) is 8.53. The molecule has 0 unspecified atom stereocenters. The molecule has 3 rings (SSSR count). The Morgan fingerprint density at radius 3 is 2.35 bits per heavy atom. The van der Waals surface area contributed by atoms with E-state index in [1.54, 1.807) is 0 Å². The number of nitrogens with zero attached hydrogens (tertiary/aromatic N) is 2. The van der Waals surface area contributed by atoms with Crippen LogP contribution in [0.25, 0.3) is 0 Å². The van der Waals surface area contributed by atoms with Crippen LogP contribution >= 0.6 is 0 Å². The van der Waals surface area contributed by atoms with Gasteiger partial charge in [-0.2, -0.15) is 0 Å². The second kappa shape index (κ2) is 7.20. The van der Waals surface area contributed by atoms with E-state index in [0.29, 0.717) is 11.8 Å². The Morgan fingerprint density at radius 1 is 1.12 bits per heavy atom. The fourth-order valence-corrected chi connectivity index (χ4v) is 5.06. The van der Waals surface area contributed by atoms with Gasteiger partial charge in [-0.25, -0.2) is 4.79 Å². The van der Waals surface area contributed by atoms with Gasteiger partial charge in [0, 0.05) is 13.1 Å². The number of rotatable bonds is 4. The maximum absolute atomic E-state index is 13.0. The van der Waals surface area contributed by atoms with Crippen molar-refractivity contribution in [2.75, 3.05) is 19.6 Å². The summed E-state index contributed by atoms with van der Waals surface area (Å²) in [5, 5.41) is 2.93. The quantitative estimate of drug-likeness (QED) is 0.781. The number of nitrogens with one attached hydrogen (secondary N) is 1. The first-order chi connectivity index (χ1) is 12.4. The largest absolute Gasteiger partial charge is 0.341 e. The molecule has 1 N–H and O–H groups in total. The van der Waals surface area contributed by atoms with Crippen molar-refractivity contribution in [1.82, 2.24) is 15.1 Å². The van der Waals surface area contributed by atoms with Crippen molar-refractivity contribution in [3.63, 3.8) is 0 Å². The summed E-state index contributed by atoms with van der Waals surface area (Å²) in [6, 6.07) is -0.398. The Labute approximate surface area is 156 Å². The average molecular weight is 364 g/mol. The lowest BCUT2D eigenvalue weighted by atomic mass is 9.73. The van der Waals surface area contributed by atoms with Gasteiger partial charge in [-0.3, -0.25) is 14.5 Å². The number of amides is 4. The van der Waals surface area contributed by atoms with E-state index < -0.39 is 11.6 Å². The molecular weight excluding hydrogens is 330 g/mol. The molecule has 26 heavy (non-hydrogen) atoms. The van der Waals surface area contributed by atoms with Crippen LogP contribution in [0.3, 0.4) is 0 Å². The predicted molar refractivity (Wildman–Crippen MR) is 99.4 cm³/mol. The molecule has 0 aromatic heterocycles. The molecule has 0 radical (unpaired) electrons. The fourth-order valence-electron chi connectivity index (χ4n) is 5.06. The van der Waals surface area contributed by atoms with Crippen LogP contribution in [0.15, 0.2) is 0 Å². The standard InChI is InChI=1S/C20H33N3O3/c1-4-19(5-2)10-12-22(13-11-19)16(24)14-23-17(25)20(21-18(23)26)9-7-6-8-15(20)3/h15H,4-14H2,1-3H3,(H,21,26)/t15-,20-/m1/s1. The Hall–Kier alpha value is -1.59. The SMILES string of the molecule is CCC1(CC)CCN(C(=O)CN2C(=O)N[C@@]3(CCCC[C@H]3C)C2=O)CC1. The molecule has 6 heteroatoms. The number of carbonyl (C=O) groups is 3. The summed E-state index contributed by atoms with van der Waals surface area (Å²) >= 11 is 0. The molecule has 1 saturated carbocycles. The van der Waals surface area contributed by atoms with Crippen molar-refractivity contribution < 1.29 is 14.4 Å². The summed E-state index contributed by atoms with van der Waals surface area (Å²) in [6.45, 7) is 7.81. The van der Waals surface area contributed by atoms with Crippen molar-refractivity contribution in [3.8, 4) is 0 Å². The minimum absolute atomic E-state index is 0.102. The van der Waals surface area contributed by atoms with E-state index in [4.69, 9.17) is 0 Å². The molecule has 3 aliphatic rings.